The first-order chi connectivity index (χ1) is 17.7. The van der Waals surface area contributed by atoms with Crippen molar-refractivity contribution in [1.29, 1.82) is 0 Å². The van der Waals surface area contributed by atoms with E-state index in [1.807, 2.05) is 30.3 Å². The van der Waals surface area contributed by atoms with Gasteiger partial charge in [-0.2, -0.15) is 9.97 Å². The Morgan fingerprint density at radius 3 is 2.50 bits per heavy atom. The summed E-state index contributed by atoms with van der Waals surface area (Å²) in [5.41, 5.74) is 2.96. The molecule has 186 valence electrons. The van der Waals surface area contributed by atoms with E-state index in [-0.39, 0.29) is 18.1 Å². The number of anilines is 2. The van der Waals surface area contributed by atoms with E-state index in [4.69, 9.17) is 24.4 Å². The molecule has 1 aromatic carbocycles. The highest BCUT2D eigenvalue weighted by Crippen LogP contribution is 2.38. The minimum Gasteiger partial charge on any atom is -0.377 e. The Morgan fingerprint density at radius 2 is 1.75 bits per heavy atom. The molecule has 0 saturated carbocycles. The number of benzene rings is 1. The van der Waals surface area contributed by atoms with E-state index in [2.05, 4.69) is 21.2 Å². The van der Waals surface area contributed by atoms with Gasteiger partial charge in [0.15, 0.2) is 5.65 Å². The number of nitrogens with one attached hydrogen (secondary N) is 1. The maximum atomic E-state index is 12.2. The molecule has 9 nitrogen and oxygen atoms in total. The van der Waals surface area contributed by atoms with Gasteiger partial charge in [0.25, 0.3) is 5.91 Å². The quantitative estimate of drug-likeness (QED) is 0.602. The summed E-state index contributed by atoms with van der Waals surface area (Å²) >= 11 is 0. The van der Waals surface area contributed by atoms with Gasteiger partial charge in [-0.1, -0.05) is 12.1 Å². The third kappa shape index (κ3) is 3.69. The molecule has 4 fully saturated rings. The molecule has 4 unspecified atom stereocenters. The maximum absolute atomic E-state index is 12.2. The fraction of sp³-hybridized carbons (Fsp3) is 0.481. The normalized spacial score (nSPS) is 27.0. The van der Waals surface area contributed by atoms with Gasteiger partial charge in [0, 0.05) is 31.3 Å². The van der Waals surface area contributed by atoms with Crippen LogP contribution in [0.4, 0.5) is 11.8 Å². The predicted octanol–water partition coefficient (Wildman–Crippen LogP) is 2.79. The second-order valence-corrected chi connectivity index (χ2v) is 10.3. The molecule has 9 heteroatoms. The molecule has 1 amide bonds. The van der Waals surface area contributed by atoms with E-state index in [9.17, 15) is 4.79 Å². The molecule has 4 saturated heterocycles. The molecule has 4 atom stereocenters. The number of carbonyl (C=O) groups is 1. The van der Waals surface area contributed by atoms with Gasteiger partial charge in [-0.3, -0.25) is 4.79 Å². The number of amides is 1. The fourth-order valence-corrected chi connectivity index (χ4v) is 6.20. The monoisotopic (exact) mass is 486 g/mol. The van der Waals surface area contributed by atoms with Crippen molar-refractivity contribution in [3.63, 3.8) is 0 Å². The zero-order chi connectivity index (χ0) is 24.2. The van der Waals surface area contributed by atoms with E-state index in [0.717, 1.165) is 80.4 Å². The SMILES string of the molecule is CNC(=O)c1cccc(-c2ccc3c(N4C5CCC4COC5)nc(N4CC5CCC(C4)O5)nc3n2)c1. The lowest BCUT2D eigenvalue weighted by atomic mass is 10.1. The molecule has 0 spiro atoms. The second-order valence-electron chi connectivity index (χ2n) is 10.3. The zero-order valence-electron chi connectivity index (χ0n) is 20.4. The van der Waals surface area contributed by atoms with Crippen LogP contribution in [0, 0.1) is 0 Å². The molecule has 6 heterocycles. The van der Waals surface area contributed by atoms with Crippen LogP contribution in [0.5, 0.6) is 0 Å². The molecular formula is C27H30N6O3. The van der Waals surface area contributed by atoms with Crippen molar-refractivity contribution < 1.29 is 14.3 Å². The Hall–Kier alpha value is -3.30. The number of fused-ring (bicyclic) bond motifs is 5. The number of ether oxygens (including phenoxy) is 2. The number of rotatable bonds is 4. The number of hydrogen-bond acceptors (Lipinski definition) is 8. The van der Waals surface area contributed by atoms with E-state index in [1.54, 1.807) is 7.05 Å². The van der Waals surface area contributed by atoms with Crippen molar-refractivity contribution in [1.82, 2.24) is 20.3 Å². The van der Waals surface area contributed by atoms with Crippen LogP contribution in [0.2, 0.25) is 0 Å². The van der Waals surface area contributed by atoms with Gasteiger partial charge in [-0.15, -0.1) is 0 Å². The number of nitrogens with zero attached hydrogens (tertiary/aromatic N) is 5. The summed E-state index contributed by atoms with van der Waals surface area (Å²) in [4.78, 5) is 32.1. The van der Waals surface area contributed by atoms with Gasteiger partial charge in [0.1, 0.15) is 5.82 Å². The molecule has 0 aliphatic carbocycles. The largest absolute Gasteiger partial charge is 0.377 e. The summed E-state index contributed by atoms with van der Waals surface area (Å²) in [5, 5.41) is 3.65. The van der Waals surface area contributed by atoms with Crippen LogP contribution in [-0.2, 0) is 9.47 Å². The van der Waals surface area contributed by atoms with Crippen molar-refractivity contribution in [3.05, 3.63) is 42.0 Å². The van der Waals surface area contributed by atoms with Crippen LogP contribution in [-0.4, -0.2) is 78.5 Å². The number of carbonyl (C=O) groups excluding carboxylic acids is 1. The average Bonchev–Trinajstić information content (AvgIpc) is 3.39. The highest BCUT2D eigenvalue weighted by molar-refractivity contribution is 5.95. The highest BCUT2D eigenvalue weighted by Gasteiger charge is 2.40. The molecule has 4 aliphatic heterocycles. The molecule has 2 aromatic heterocycles. The third-order valence-electron chi connectivity index (χ3n) is 7.99. The van der Waals surface area contributed by atoms with Gasteiger partial charge >= 0.3 is 0 Å². The lowest BCUT2D eigenvalue weighted by Crippen LogP contribution is -2.47. The molecule has 36 heavy (non-hydrogen) atoms. The van der Waals surface area contributed by atoms with Crippen LogP contribution in [0.3, 0.4) is 0 Å². The summed E-state index contributed by atoms with van der Waals surface area (Å²) < 4.78 is 11.9. The minimum atomic E-state index is -0.116. The van der Waals surface area contributed by atoms with Crippen LogP contribution in [0.1, 0.15) is 36.0 Å². The molecule has 1 N–H and O–H groups in total. The van der Waals surface area contributed by atoms with Crippen molar-refractivity contribution in [2.45, 2.75) is 50.0 Å². The first kappa shape index (κ1) is 21.9. The van der Waals surface area contributed by atoms with E-state index < -0.39 is 0 Å². The van der Waals surface area contributed by atoms with Gasteiger partial charge < -0.3 is 24.6 Å². The lowest BCUT2D eigenvalue weighted by Gasteiger charge is -2.37. The molecule has 0 radical (unpaired) electrons. The van der Waals surface area contributed by atoms with Crippen LogP contribution >= 0.6 is 0 Å². The first-order valence-electron chi connectivity index (χ1n) is 12.9. The number of morpholine rings is 2. The second kappa shape index (κ2) is 8.67. The van der Waals surface area contributed by atoms with E-state index in [1.165, 1.54) is 0 Å². The molecule has 4 aliphatic rings. The topological polar surface area (TPSA) is 92.7 Å². The zero-order valence-corrected chi connectivity index (χ0v) is 20.4. The summed E-state index contributed by atoms with van der Waals surface area (Å²) in [5.74, 6) is 1.57. The summed E-state index contributed by atoms with van der Waals surface area (Å²) in [6.45, 7) is 3.09. The van der Waals surface area contributed by atoms with Crippen molar-refractivity contribution in [2.24, 2.45) is 0 Å². The number of pyridine rings is 1. The maximum Gasteiger partial charge on any atom is 0.251 e. The van der Waals surface area contributed by atoms with Crippen LogP contribution in [0.25, 0.3) is 22.3 Å². The summed E-state index contributed by atoms with van der Waals surface area (Å²) in [6, 6.07) is 12.3. The number of aromatic nitrogens is 3. The Bertz CT molecular complexity index is 1300. The third-order valence-corrected chi connectivity index (χ3v) is 7.99. The van der Waals surface area contributed by atoms with E-state index >= 15 is 0 Å². The van der Waals surface area contributed by atoms with Crippen molar-refractivity contribution >= 4 is 28.7 Å². The Kier molecular flexibility index (Phi) is 5.28. The van der Waals surface area contributed by atoms with E-state index in [0.29, 0.717) is 23.3 Å². The molecule has 4 bridgehead atoms. The van der Waals surface area contributed by atoms with Crippen molar-refractivity contribution in [2.75, 3.05) is 43.2 Å². The smallest absolute Gasteiger partial charge is 0.251 e. The standard InChI is InChI=1S/C27H30N6O3/c1-28-26(34)17-4-2-3-16(11-17)23-10-9-22-24(29-23)30-27(32-12-20-7-8-21(13-32)36-20)31-25(22)33-18-5-6-19(33)15-35-14-18/h2-4,9-11,18-21H,5-8,12-15H2,1H3,(H,28,34). The molecular weight excluding hydrogens is 456 g/mol. The highest BCUT2D eigenvalue weighted by atomic mass is 16.5. The van der Waals surface area contributed by atoms with Gasteiger partial charge in [0.2, 0.25) is 5.95 Å². The van der Waals surface area contributed by atoms with Gasteiger partial charge in [0.05, 0.1) is 48.6 Å². The van der Waals surface area contributed by atoms with Gasteiger partial charge in [-0.25, -0.2) is 4.98 Å². The van der Waals surface area contributed by atoms with Crippen molar-refractivity contribution in [3.8, 4) is 11.3 Å². The predicted molar refractivity (Wildman–Crippen MR) is 136 cm³/mol. The Labute approximate surface area is 209 Å². The van der Waals surface area contributed by atoms with Gasteiger partial charge in [-0.05, 0) is 49.9 Å². The summed E-state index contributed by atoms with van der Waals surface area (Å²) in [6.07, 6.45) is 4.92. The first-order valence-corrected chi connectivity index (χ1v) is 12.9. The Balaban J connectivity index is 1.35. The summed E-state index contributed by atoms with van der Waals surface area (Å²) in [7, 11) is 1.64. The van der Waals surface area contributed by atoms with Crippen LogP contribution in [0.15, 0.2) is 36.4 Å². The lowest BCUT2D eigenvalue weighted by molar-refractivity contribution is 0.0299. The molecule has 3 aromatic rings. The molecule has 7 rings (SSSR count). The fourth-order valence-electron chi connectivity index (χ4n) is 6.20. The Morgan fingerprint density at radius 1 is 0.972 bits per heavy atom. The number of hydrogen-bond donors (Lipinski definition) is 1. The van der Waals surface area contributed by atoms with Crippen LogP contribution < -0.4 is 15.1 Å². The minimum absolute atomic E-state index is 0.116. The average molecular weight is 487 g/mol.